The molecular formula is C18H18N2. The van der Waals surface area contributed by atoms with Crippen LogP contribution in [0.4, 0.5) is 0 Å². The number of hydrogen-bond acceptors (Lipinski definition) is 2. The first-order chi connectivity index (χ1) is 9.79. The zero-order valence-electron chi connectivity index (χ0n) is 11.9. The highest BCUT2D eigenvalue weighted by Gasteiger charge is 2.07. The average molecular weight is 262 g/mol. The number of aromatic nitrogens is 1. The second-order valence-corrected chi connectivity index (χ2v) is 5.08. The highest BCUT2D eigenvalue weighted by Crippen LogP contribution is 2.30. The highest BCUT2D eigenvalue weighted by atomic mass is 14.8. The molecule has 0 saturated carbocycles. The van der Waals surface area contributed by atoms with Crippen molar-refractivity contribution >= 4 is 10.8 Å². The largest absolute Gasteiger partial charge is 0.316 e. The van der Waals surface area contributed by atoms with E-state index < -0.39 is 0 Å². The lowest BCUT2D eigenvalue weighted by atomic mass is 9.95. The van der Waals surface area contributed by atoms with E-state index >= 15 is 0 Å². The number of rotatable bonds is 3. The molecule has 0 aliphatic rings. The van der Waals surface area contributed by atoms with Gasteiger partial charge in [-0.15, -0.1) is 0 Å². The first kappa shape index (κ1) is 12.8. The number of nitrogens with zero attached hydrogens (tertiary/aromatic N) is 1. The predicted molar refractivity (Wildman–Crippen MR) is 84.7 cm³/mol. The van der Waals surface area contributed by atoms with E-state index in [4.69, 9.17) is 0 Å². The Hall–Kier alpha value is -2.19. The van der Waals surface area contributed by atoms with E-state index in [1.165, 1.54) is 33.0 Å². The van der Waals surface area contributed by atoms with Crippen LogP contribution in [0.1, 0.15) is 11.1 Å². The molecule has 1 aromatic heterocycles. The van der Waals surface area contributed by atoms with E-state index in [9.17, 15) is 0 Å². The number of fused-ring (bicyclic) bond motifs is 1. The van der Waals surface area contributed by atoms with Crippen LogP contribution in [0.2, 0.25) is 0 Å². The van der Waals surface area contributed by atoms with Gasteiger partial charge in [-0.25, -0.2) is 0 Å². The molecule has 1 heterocycles. The Morgan fingerprint density at radius 2 is 1.95 bits per heavy atom. The Balaban J connectivity index is 2.16. The van der Waals surface area contributed by atoms with Crippen LogP contribution in [0.3, 0.4) is 0 Å². The van der Waals surface area contributed by atoms with Crippen molar-refractivity contribution in [3.8, 4) is 11.1 Å². The van der Waals surface area contributed by atoms with Gasteiger partial charge in [-0.1, -0.05) is 36.4 Å². The maximum absolute atomic E-state index is 4.27. The van der Waals surface area contributed by atoms with Crippen molar-refractivity contribution < 1.29 is 0 Å². The summed E-state index contributed by atoms with van der Waals surface area (Å²) in [7, 11) is 1.97. The summed E-state index contributed by atoms with van der Waals surface area (Å²) in [4.78, 5) is 4.27. The Bertz CT molecular complexity index is 742. The predicted octanol–water partition coefficient (Wildman–Crippen LogP) is 3.93. The molecule has 1 N–H and O–H groups in total. The molecule has 100 valence electrons. The zero-order chi connectivity index (χ0) is 13.9. The second kappa shape index (κ2) is 5.43. The van der Waals surface area contributed by atoms with Crippen molar-refractivity contribution in [3.63, 3.8) is 0 Å². The van der Waals surface area contributed by atoms with E-state index in [0.717, 1.165) is 6.54 Å². The third-order valence-electron chi connectivity index (χ3n) is 3.65. The Morgan fingerprint density at radius 3 is 2.75 bits per heavy atom. The first-order valence-corrected chi connectivity index (χ1v) is 6.87. The molecule has 0 radical (unpaired) electrons. The summed E-state index contributed by atoms with van der Waals surface area (Å²) < 4.78 is 0. The van der Waals surface area contributed by atoms with Gasteiger partial charge in [0.2, 0.25) is 0 Å². The lowest BCUT2D eigenvalue weighted by Gasteiger charge is -2.11. The molecule has 0 fully saturated rings. The molecule has 2 nitrogen and oxygen atoms in total. The van der Waals surface area contributed by atoms with Gasteiger partial charge < -0.3 is 5.32 Å². The SMILES string of the molecule is CNCc1ccc(-c2cccc3ccncc23)c(C)c1. The fourth-order valence-corrected chi connectivity index (χ4v) is 2.69. The van der Waals surface area contributed by atoms with Gasteiger partial charge in [0.15, 0.2) is 0 Å². The number of pyridine rings is 1. The Morgan fingerprint density at radius 1 is 1.05 bits per heavy atom. The highest BCUT2D eigenvalue weighted by molar-refractivity contribution is 5.96. The molecule has 20 heavy (non-hydrogen) atoms. The lowest BCUT2D eigenvalue weighted by molar-refractivity contribution is 0.817. The van der Waals surface area contributed by atoms with Gasteiger partial charge >= 0.3 is 0 Å². The van der Waals surface area contributed by atoms with Gasteiger partial charge in [0.1, 0.15) is 0 Å². The van der Waals surface area contributed by atoms with Gasteiger partial charge in [0, 0.05) is 24.3 Å². The van der Waals surface area contributed by atoms with Gasteiger partial charge in [-0.3, -0.25) is 4.98 Å². The average Bonchev–Trinajstić information content (AvgIpc) is 2.47. The van der Waals surface area contributed by atoms with Crippen molar-refractivity contribution in [1.29, 1.82) is 0 Å². The molecule has 3 aromatic rings. The van der Waals surface area contributed by atoms with Crippen molar-refractivity contribution in [2.45, 2.75) is 13.5 Å². The van der Waals surface area contributed by atoms with E-state index in [1.807, 2.05) is 19.4 Å². The zero-order valence-corrected chi connectivity index (χ0v) is 11.9. The van der Waals surface area contributed by atoms with Crippen molar-refractivity contribution in [2.24, 2.45) is 0 Å². The third kappa shape index (κ3) is 2.30. The molecule has 2 aromatic carbocycles. The molecule has 0 aliphatic carbocycles. The summed E-state index contributed by atoms with van der Waals surface area (Å²) in [5, 5.41) is 5.63. The van der Waals surface area contributed by atoms with Crippen LogP contribution in [0.25, 0.3) is 21.9 Å². The first-order valence-electron chi connectivity index (χ1n) is 6.87. The summed E-state index contributed by atoms with van der Waals surface area (Å²) in [5.41, 5.74) is 5.15. The van der Waals surface area contributed by atoms with Gasteiger partial charge in [-0.2, -0.15) is 0 Å². The number of aryl methyl sites for hydroxylation is 1. The standard InChI is InChI=1S/C18H18N2/c1-13-10-14(11-19-2)6-7-16(13)17-5-3-4-15-8-9-20-12-18(15)17/h3-10,12,19H,11H2,1-2H3. The molecule has 3 rings (SSSR count). The van der Waals surface area contributed by atoms with E-state index in [-0.39, 0.29) is 0 Å². The van der Waals surface area contributed by atoms with Crippen molar-refractivity contribution in [3.05, 3.63) is 66.0 Å². The van der Waals surface area contributed by atoms with E-state index in [1.54, 1.807) is 0 Å². The Kier molecular flexibility index (Phi) is 3.48. The molecule has 0 amide bonds. The van der Waals surface area contributed by atoms with E-state index in [0.29, 0.717) is 0 Å². The van der Waals surface area contributed by atoms with Crippen LogP contribution < -0.4 is 5.32 Å². The quantitative estimate of drug-likeness (QED) is 0.773. The summed E-state index contributed by atoms with van der Waals surface area (Å²) in [6.45, 7) is 3.07. The fraction of sp³-hybridized carbons (Fsp3) is 0.167. The molecular weight excluding hydrogens is 244 g/mol. The summed E-state index contributed by atoms with van der Waals surface area (Å²) in [6, 6.07) is 15.1. The number of benzene rings is 2. The van der Waals surface area contributed by atoms with Crippen molar-refractivity contribution in [1.82, 2.24) is 10.3 Å². The van der Waals surface area contributed by atoms with Gasteiger partial charge in [0.25, 0.3) is 0 Å². The second-order valence-electron chi connectivity index (χ2n) is 5.08. The summed E-state index contributed by atoms with van der Waals surface area (Å²) >= 11 is 0. The fourth-order valence-electron chi connectivity index (χ4n) is 2.69. The Labute approximate surface area is 119 Å². The molecule has 0 aliphatic heterocycles. The van der Waals surface area contributed by atoms with Crippen LogP contribution >= 0.6 is 0 Å². The smallest absolute Gasteiger partial charge is 0.0352 e. The van der Waals surface area contributed by atoms with Crippen LogP contribution in [0.5, 0.6) is 0 Å². The minimum Gasteiger partial charge on any atom is -0.316 e. The summed E-state index contributed by atoms with van der Waals surface area (Å²) in [6.07, 6.45) is 3.79. The van der Waals surface area contributed by atoms with Gasteiger partial charge in [-0.05, 0) is 47.7 Å². The van der Waals surface area contributed by atoms with Crippen LogP contribution in [-0.2, 0) is 6.54 Å². The molecule has 0 atom stereocenters. The molecule has 0 bridgehead atoms. The van der Waals surface area contributed by atoms with Crippen LogP contribution in [0.15, 0.2) is 54.9 Å². The molecule has 0 unspecified atom stereocenters. The molecule has 0 spiro atoms. The van der Waals surface area contributed by atoms with Gasteiger partial charge in [0.05, 0.1) is 0 Å². The summed E-state index contributed by atoms with van der Waals surface area (Å²) in [5.74, 6) is 0. The van der Waals surface area contributed by atoms with Crippen molar-refractivity contribution in [2.75, 3.05) is 7.05 Å². The van der Waals surface area contributed by atoms with Crippen LogP contribution in [-0.4, -0.2) is 12.0 Å². The lowest BCUT2D eigenvalue weighted by Crippen LogP contribution is -2.05. The monoisotopic (exact) mass is 262 g/mol. The topological polar surface area (TPSA) is 24.9 Å². The maximum Gasteiger partial charge on any atom is 0.0352 e. The molecule has 0 saturated heterocycles. The maximum atomic E-state index is 4.27. The molecule has 2 heteroatoms. The van der Waals surface area contributed by atoms with Crippen LogP contribution in [0, 0.1) is 6.92 Å². The number of nitrogens with one attached hydrogen (secondary N) is 1. The van der Waals surface area contributed by atoms with E-state index in [2.05, 4.69) is 59.7 Å². The number of hydrogen-bond donors (Lipinski definition) is 1. The minimum atomic E-state index is 0.901. The minimum absolute atomic E-state index is 0.901. The third-order valence-corrected chi connectivity index (χ3v) is 3.65. The normalized spacial score (nSPS) is 10.9.